The van der Waals surface area contributed by atoms with Crippen LogP contribution in [0.15, 0.2) is 30.7 Å². The molecule has 0 saturated carbocycles. The van der Waals surface area contributed by atoms with Crippen molar-refractivity contribution in [2.24, 2.45) is 5.84 Å². The molecule has 0 aliphatic carbocycles. The minimum Gasteiger partial charge on any atom is -0.434 e. The molecule has 21 heavy (non-hydrogen) atoms. The number of rotatable bonds is 3. The molecule has 3 aromatic rings. The third kappa shape index (κ3) is 2.71. The minimum atomic E-state index is 0.232. The molecule has 3 rings (SSSR count). The van der Waals surface area contributed by atoms with E-state index in [1.807, 2.05) is 0 Å². The van der Waals surface area contributed by atoms with Gasteiger partial charge in [0.2, 0.25) is 5.65 Å². The normalized spacial score (nSPS) is 10.9. The van der Waals surface area contributed by atoms with Gasteiger partial charge in [0.25, 0.3) is 5.88 Å². The third-order valence-corrected chi connectivity index (χ3v) is 3.69. The summed E-state index contributed by atoms with van der Waals surface area (Å²) >= 11 is 17.9. The van der Waals surface area contributed by atoms with Crippen LogP contribution >= 0.6 is 34.8 Å². The van der Waals surface area contributed by atoms with Crippen LogP contribution in [0.2, 0.25) is 15.1 Å². The van der Waals surface area contributed by atoms with Crippen LogP contribution in [0.4, 0.5) is 5.82 Å². The first-order chi connectivity index (χ1) is 10.1. The average molecular weight is 345 g/mol. The van der Waals surface area contributed by atoms with Crippen molar-refractivity contribution >= 4 is 46.3 Å². The van der Waals surface area contributed by atoms with Crippen LogP contribution in [-0.2, 0) is 0 Å². The Hall–Kier alpha value is -1.73. The van der Waals surface area contributed by atoms with Gasteiger partial charge < -0.3 is 10.2 Å². The van der Waals surface area contributed by atoms with Crippen molar-refractivity contribution in [2.75, 3.05) is 5.43 Å². The van der Waals surface area contributed by atoms with Crippen molar-refractivity contribution in [3.8, 4) is 11.6 Å². The molecule has 0 atom stereocenters. The van der Waals surface area contributed by atoms with Gasteiger partial charge in [0.1, 0.15) is 5.75 Å². The number of benzene rings is 1. The first-order valence-electron chi connectivity index (χ1n) is 5.71. The summed E-state index contributed by atoms with van der Waals surface area (Å²) in [5.74, 6) is 6.34. The van der Waals surface area contributed by atoms with Crippen molar-refractivity contribution in [1.29, 1.82) is 0 Å². The van der Waals surface area contributed by atoms with Gasteiger partial charge in [0, 0.05) is 18.5 Å². The van der Waals surface area contributed by atoms with E-state index in [1.165, 1.54) is 12.1 Å². The molecule has 0 unspecified atom stereocenters. The van der Waals surface area contributed by atoms with E-state index in [-0.39, 0.29) is 5.88 Å². The average Bonchev–Trinajstić information content (AvgIpc) is 2.93. The number of nitrogens with zero attached hydrogens (tertiary/aromatic N) is 3. The minimum absolute atomic E-state index is 0.232. The molecule has 108 valence electrons. The number of nitrogens with two attached hydrogens (primary N) is 1. The standard InChI is InChI=1S/C12H8Cl3N5O/c13-6-3-8(15)9(4-7(6)14)21-12-11-17-1-2-20(11)5-10(18-12)19-16/h1-5,19H,16H2. The van der Waals surface area contributed by atoms with Crippen LogP contribution in [0.3, 0.4) is 0 Å². The fraction of sp³-hybridized carbons (Fsp3) is 0. The molecule has 0 saturated heterocycles. The molecule has 0 radical (unpaired) electrons. The fourth-order valence-corrected chi connectivity index (χ4v) is 2.30. The lowest BCUT2D eigenvalue weighted by Crippen LogP contribution is -2.10. The molecule has 1 aromatic carbocycles. The van der Waals surface area contributed by atoms with Gasteiger partial charge in [-0.3, -0.25) is 4.40 Å². The number of aromatic nitrogens is 3. The first kappa shape index (κ1) is 14.2. The highest BCUT2D eigenvalue weighted by Crippen LogP contribution is 2.36. The lowest BCUT2D eigenvalue weighted by atomic mass is 10.3. The predicted octanol–water partition coefficient (Wildman–Crippen LogP) is 3.77. The van der Waals surface area contributed by atoms with Gasteiger partial charge >= 0.3 is 0 Å². The highest BCUT2D eigenvalue weighted by atomic mass is 35.5. The van der Waals surface area contributed by atoms with E-state index in [1.54, 1.807) is 23.0 Å². The van der Waals surface area contributed by atoms with Crippen LogP contribution in [0.5, 0.6) is 11.6 Å². The molecule has 0 fully saturated rings. The Morgan fingerprint density at radius 3 is 2.67 bits per heavy atom. The highest BCUT2D eigenvalue weighted by Gasteiger charge is 2.13. The second kappa shape index (κ2) is 5.57. The predicted molar refractivity (Wildman–Crippen MR) is 82.3 cm³/mol. The molecule has 0 aliphatic rings. The van der Waals surface area contributed by atoms with Gasteiger partial charge in [0.05, 0.1) is 21.3 Å². The first-order valence-corrected chi connectivity index (χ1v) is 6.84. The molecule has 9 heteroatoms. The maximum absolute atomic E-state index is 6.09. The summed E-state index contributed by atoms with van der Waals surface area (Å²) in [7, 11) is 0. The lowest BCUT2D eigenvalue weighted by Gasteiger charge is -2.10. The quantitative estimate of drug-likeness (QED) is 0.430. The van der Waals surface area contributed by atoms with Crippen molar-refractivity contribution in [1.82, 2.24) is 14.4 Å². The lowest BCUT2D eigenvalue weighted by molar-refractivity contribution is 0.466. The number of fused-ring (bicyclic) bond motifs is 1. The van der Waals surface area contributed by atoms with Crippen LogP contribution in [-0.4, -0.2) is 14.4 Å². The number of nitrogens with one attached hydrogen (secondary N) is 1. The molecule has 6 nitrogen and oxygen atoms in total. The van der Waals surface area contributed by atoms with Crippen molar-refractivity contribution in [3.05, 3.63) is 45.8 Å². The van der Waals surface area contributed by atoms with Gasteiger partial charge in [-0.15, -0.1) is 0 Å². The summed E-state index contributed by atoms with van der Waals surface area (Å²) in [4.78, 5) is 8.37. The van der Waals surface area contributed by atoms with Crippen molar-refractivity contribution in [2.45, 2.75) is 0 Å². The zero-order valence-corrected chi connectivity index (χ0v) is 12.6. The van der Waals surface area contributed by atoms with E-state index in [0.29, 0.717) is 32.3 Å². The van der Waals surface area contributed by atoms with E-state index in [2.05, 4.69) is 15.4 Å². The molecule has 3 N–H and O–H groups in total. The van der Waals surface area contributed by atoms with Crippen LogP contribution < -0.4 is 16.0 Å². The molecule has 0 amide bonds. The van der Waals surface area contributed by atoms with Gasteiger partial charge in [-0.05, 0) is 6.07 Å². The van der Waals surface area contributed by atoms with E-state index in [4.69, 9.17) is 45.4 Å². The highest BCUT2D eigenvalue weighted by molar-refractivity contribution is 6.43. The number of hydrogen-bond donors (Lipinski definition) is 2. The monoisotopic (exact) mass is 343 g/mol. The maximum atomic E-state index is 6.09. The Bertz CT molecular complexity index is 820. The largest absolute Gasteiger partial charge is 0.434 e. The molecule has 0 bridgehead atoms. The van der Waals surface area contributed by atoms with Gasteiger partial charge in [0.15, 0.2) is 5.82 Å². The topological polar surface area (TPSA) is 77.5 Å². The Morgan fingerprint density at radius 1 is 1.14 bits per heavy atom. The number of halogens is 3. The van der Waals surface area contributed by atoms with Gasteiger partial charge in [-0.2, -0.15) is 4.98 Å². The Morgan fingerprint density at radius 2 is 1.90 bits per heavy atom. The van der Waals surface area contributed by atoms with Crippen molar-refractivity contribution in [3.63, 3.8) is 0 Å². The van der Waals surface area contributed by atoms with Crippen LogP contribution in [0.1, 0.15) is 0 Å². The smallest absolute Gasteiger partial charge is 0.265 e. The molecule has 0 aliphatic heterocycles. The van der Waals surface area contributed by atoms with Crippen LogP contribution in [0, 0.1) is 0 Å². The van der Waals surface area contributed by atoms with Gasteiger partial charge in [-0.25, -0.2) is 10.8 Å². The molecular weight excluding hydrogens is 337 g/mol. The molecular formula is C12H8Cl3N5O. The summed E-state index contributed by atoms with van der Waals surface area (Å²) in [5, 5.41) is 0.968. The third-order valence-electron chi connectivity index (χ3n) is 2.67. The van der Waals surface area contributed by atoms with Crippen LogP contribution in [0.25, 0.3) is 5.65 Å². The second-order valence-corrected chi connectivity index (χ2v) is 5.25. The number of nitrogen functional groups attached to an aromatic ring is 1. The Labute approximate surface area is 134 Å². The van der Waals surface area contributed by atoms with E-state index in [0.717, 1.165) is 0 Å². The summed E-state index contributed by atoms with van der Waals surface area (Å²) in [5.41, 5.74) is 2.96. The fourth-order valence-electron chi connectivity index (χ4n) is 1.73. The molecule has 2 heterocycles. The van der Waals surface area contributed by atoms with Crippen molar-refractivity contribution < 1.29 is 4.74 Å². The van der Waals surface area contributed by atoms with E-state index < -0.39 is 0 Å². The zero-order chi connectivity index (χ0) is 15.0. The van der Waals surface area contributed by atoms with E-state index in [9.17, 15) is 0 Å². The Kier molecular flexibility index (Phi) is 3.77. The summed E-state index contributed by atoms with van der Waals surface area (Å²) in [6.07, 6.45) is 5.02. The number of imidazole rings is 1. The molecule has 0 spiro atoms. The number of hydrogen-bond acceptors (Lipinski definition) is 5. The Balaban J connectivity index is 2.09. The van der Waals surface area contributed by atoms with E-state index >= 15 is 0 Å². The second-order valence-electron chi connectivity index (χ2n) is 4.03. The van der Waals surface area contributed by atoms with Gasteiger partial charge in [-0.1, -0.05) is 34.8 Å². The zero-order valence-electron chi connectivity index (χ0n) is 10.3. The number of anilines is 1. The number of ether oxygens (including phenoxy) is 1. The maximum Gasteiger partial charge on any atom is 0.265 e. The summed E-state index contributed by atoms with van der Waals surface area (Å²) < 4.78 is 7.41. The SMILES string of the molecule is NNc1cn2ccnc2c(Oc2cc(Cl)c(Cl)cc2Cl)n1. The number of hydrazine groups is 1. The molecule has 2 aromatic heterocycles. The summed E-state index contributed by atoms with van der Waals surface area (Å²) in [6.45, 7) is 0. The summed E-state index contributed by atoms with van der Waals surface area (Å²) in [6, 6.07) is 3.00.